The quantitative estimate of drug-likeness (QED) is 0.578. The normalized spacial score (nSPS) is 27.6. The Hall–Kier alpha value is -0.330. The average Bonchev–Trinajstić information content (AvgIpc) is 2.30. The number of hydrogen-bond donors (Lipinski definition) is 0. The van der Waals surface area contributed by atoms with Gasteiger partial charge in [-0.25, -0.2) is 0 Å². The fourth-order valence-electron chi connectivity index (χ4n) is 3.01. The van der Waals surface area contributed by atoms with Gasteiger partial charge in [-0.2, -0.15) is 0 Å². The maximum absolute atomic E-state index is 10.6. The second kappa shape index (κ2) is 7.86. The van der Waals surface area contributed by atoms with Crippen LogP contribution in [-0.2, 0) is 4.79 Å². The van der Waals surface area contributed by atoms with E-state index in [-0.39, 0.29) is 0 Å². The lowest BCUT2D eigenvalue weighted by molar-refractivity contribution is -0.112. The molecule has 1 atom stereocenters. The van der Waals surface area contributed by atoms with Gasteiger partial charge in [0.25, 0.3) is 0 Å². The van der Waals surface area contributed by atoms with Crippen molar-refractivity contribution in [3.05, 3.63) is 0 Å². The summed E-state index contributed by atoms with van der Waals surface area (Å²) in [5.74, 6) is 2.22. The van der Waals surface area contributed by atoms with Crippen LogP contribution >= 0.6 is 0 Å². The third-order valence-corrected chi connectivity index (χ3v) is 4.17. The van der Waals surface area contributed by atoms with Crippen molar-refractivity contribution < 1.29 is 4.79 Å². The predicted octanol–water partition coefficient (Wildman–Crippen LogP) is 4.60. The number of carbonyl (C=O) groups excluding carboxylic acids is 1. The number of hydrogen-bond acceptors (Lipinski definition) is 1. The van der Waals surface area contributed by atoms with E-state index in [9.17, 15) is 4.79 Å². The van der Waals surface area contributed by atoms with Gasteiger partial charge in [0.2, 0.25) is 0 Å². The first-order valence-electron chi connectivity index (χ1n) is 7.21. The van der Waals surface area contributed by atoms with Crippen LogP contribution in [-0.4, -0.2) is 6.29 Å². The summed E-state index contributed by atoms with van der Waals surface area (Å²) in [4.78, 5) is 10.6. The van der Waals surface area contributed by atoms with Crippen LogP contribution in [0.1, 0.15) is 71.6 Å². The zero-order valence-electron chi connectivity index (χ0n) is 11.1. The zero-order valence-corrected chi connectivity index (χ0v) is 11.1. The molecule has 0 radical (unpaired) electrons. The van der Waals surface area contributed by atoms with Crippen molar-refractivity contribution in [1.29, 1.82) is 0 Å². The smallest absolute Gasteiger partial charge is 0.123 e. The molecule has 1 aliphatic carbocycles. The summed E-state index contributed by atoms with van der Waals surface area (Å²) in [5.41, 5.74) is 0. The predicted molar refractivity (Wildman–Crippen MR) is 69.4 cm³/mol. The third-order valence-electron chi connectivity index (χ3n) is 4.17. The van der Waals surface area contributed by atoms with E-state index in [0.717, 1.165) is 24.7 Å². The molecule has 1 fully saturated rings. The molecule has 1 aliphatic rings. The third kappa shape index (κ3) is 5.14. The van der Waals surface area contributed by atoms with Crippen molar-refractivity contribution in [3.63, 3.8) is 0 Å². The summed E-state index contributed by atoms with van der Waals surface area (Å²) >= 11 is 0. The minimum Gasteiger partial charge on any atom is -0.303 e. The van der Waals surface area contributed by atoms with E-state index in [4.69, 9.17) is 0 Å². The zero-order chi connectivity index (χ0) is 11.8. The van der Waals surface area contributed by atoms with Crippen molar-refractivity contribution in [2.45, 2.75) is 71.6 Å². The van der Waals surface area contributed by atoms with E-state index >= 15 is 0 Å². The fraction of sp³-hybridized carbons (Fsp3) is 0.933. The number of aldehydes is 1. The van der Waals surface area contributed by atoms with Crippen LogP contribution < -0.4 is 0 Å². The minimum absolute atomic E-state index is 0.385. The second-order valence-electron chi connectivity index (χ2n) is 5.74. The summed E-state index contributed by atoms with van der Waals surface area (Å²) in [6, 6.07) is 0. The standard InChI is InChI=1S/C15H28O/c1-3-5-13(2)6-4-7-14-8-10-15(12-16)11-9-14/h12-15H,3-11H2,1-2H3. The first-order chi connectivity index (χ1) is 7.76. The second-order valence-corrected chi connectivity index (χ2v) is 5.74. The Labute approximate surface area is 101 Å². The Kier molecular flexibility index (Phi) is 6.75. The van der Waals surface area contributed by atoms with Gasteiger partial charge in [-0.05, 0) is 37.5 Å². The van der Waals surface area contributed by atoms with Crippen LogP contribution in [0.5, 0.6) is 0 Å². The highest BCUT2D eigenvalue weighted by Gasteiger charge is 2.20. The van der Waals surface area contributed by atoms with Gasteiger partial charge in [0.1, 0.15) is 6.29 Å². The maximum Gasteiger partial charge on any atom is 0.123 e. The Morgan fingerprint density at radius 3 is 2.44 bits per heavy atom. The molecular weight excluding hydrogens is 196 g/mol. The van der Waals surface area contributed by atoms with E-state index in [2.05, 4.69) is 13.8 Å². The Bertz CT molecular complexity index is 180. The van der Waals surface area contributed by atoms with Gasteiger partial charge in [0, 0.05) is 5.92 Å². The van der Waals surface area contributed by atoms with Gasteiger partial charge in [0.15, 0.2) is 0 Å². The summed E-state index contributed by atoms with van der Waals surface area (Å²) in [6.07, 6.45) is 13.0. The van der Waals surface area contributed by atoms with E-state index < -0.39 is 0 Å². The van der Waals surface area contributed by atoms with Gasteiger partial charge in [-0.3, -0.25) is 0 Å². The van der Waals surface area contributed by atoms with E-state index in [1.54, 1.807) is 0 Å². The highest BCUT2D eigenvalue weighted by atomic mass is 16.1. The highest BCUT2D eigenvalue weighted by molar-refractivity contribution is 5.53. The molecule has 0 heterocycles. The molecule has 0 bridgehead atoms. The SMILES string of the molecule is CCCC(C)CCCC1CCC(C=O)CC1. The lowest BCUT2D eigenvalue weighted by atomic mass is 9.80. The molecule has 0 saturated heterocycles. The summed E-state index contributed by atoms with van der Waals surface area (Å²) in [5, 5.41) is 0. The summed E-state index contributed by atoms with van der Waals surface area (Å²) in [6.45, 7) is 4.66. The molecule has 1 saturated carbocycles. The Balaban J connectivity index is 2.04. The van der Waals surface area contributed by atoms with E-state index in [1.807, 2.05) is 0 Å². The number of rotatable bonds is 7. The van der Waals surface area contributed by atoms with Gasteiger partial charge >= 0.3 is 0 Å². The van der Waals surface area contributed by atoms with Crippen molar-refractivity contribution in [1.82, 2.24) is 0 Å². The molecule has 0 aromatic heterocycles. The molecule has 1 heteroatoms. The molecule has 0 spiro atoms. The summed E-state index contributed by atoms with van der Waals surface area (Å²) in [7, 11) is 0. The molecular formula is C15H28O. The molecule has 0 N–H and O–H groups in total. The molecule has 1 unspecified atom stereocenters. The first-order valence-corrected chi connectivity index (χ1v) is 7.21. The lowest BCUT2D eigenvalue weighted by Gasteiger charge is -2.25. The fourth-order valence-corrected chi connectivity index (χ4v) is 3.01. The molecule has 0 aromatic rings. The first kappa shape index (κ1) is 13.7. The van der Waals surface area contributed by atoms with Crippen LogP contribution in [0, 0.1) is 17.8 Å². The topological polar surface area (TPSA) is 17.1 Å². The van der Waals surface area contributed by atoms with Crippen LogP contribution in [0.3, 0.4) is 0 Å². The molecule has 0 amide bonds. The number of carbonyl (C=O) groups is 1. The van der Waals surface area contributed by atoms with Crippen molar-refractivity contribution in [2.24, 2.45) is 17.8 Å². The Morgan fingerprint density at radius 1 is 1.19 bits per heavy atom. The average molecular weight is 224 g/mol. The minimum atomic E-state index is 0.385. The van der Waals surface area contributed by atoms with Crippen LogP contribution in [0.25, 0.3) is 0 Å². The molecule has 94 valence electrons. The highest BCUT2D eigenvalue weighted by Crippen LogP contribution is 2.31. The maximum atomic E-state index is 10.6. The van der Waals surface area contributed by atoms with Gasteiger partial charge in [0.05, 0.1) is 0 Å². The van der Waals surface area contributed by atoms with Crippen LogP contribution in [0.4, 0.5) is 0 Å². The van der Waals surface area contributed by atoms with E-state index in [1.165, 1.54) is 51.2 Å². The van der Waals surface area contributed by atoms with Gasteiger partial charge in [-0.15, -0.1) is 0 Å². The Morgan fingerprint density at radius 2 is 1.88 bits per heavy atom. The molecule has 16 heavy (non-hydrogen) atoms. The molecule has 1 nitrogen and oxygen atoms in total. The van der Waals surface area contributed by atoms with Crippen LogP contribution in [0.15, 0.2) is 0 Å². The van der Waals surface area contributed by atoms with Gasteiger partial charge in [-0.1, -0.05) is 46.0 Å². The lowest BCUT2D eigenvalue weighted by Crippen LogP contribution is -2.15. The molecule has 0 aliphatic heterocycles. The van der Waals surface area contributed by atoms with E-state index in [0.29, 0.717) is 5.92 Å². The monoisotopic (exact) mass is 224 g/mol. The van der Waals surface area contributed by atoms with Crippen molar-refractivity contribution in [3.8, 4) is 0 Å². The molecule has 0 aromatic carbocycles. The van der Waals surface area contributed by atoms with Crippen molar-refractivity contribution in [2.75, 3.05) is 0 Å². The summed E-state index contributed by atoms with van der Waals surface area (Å²) < 4.78 is 0. The largest absolute Gasteiger partial charge is 0.303 e. The van der Waals surface area contributed by atoms with Gasteiger partial charge < -0.3 is 4.79 Å². The van der Waals surface area contributed by atoms with Crippen molar-refractivity contribution >= 4 is 6.29 Å². The molecule has 1 rings (SSSR count). The van der Waals surface area contributed by atoms with Crippen LogP contribution in [0.2, 0.25) is 0 Å².